The molecule has 1 fully saturated rings. The maximum atomic E-state index is 12.2. The molecule has 0 saturated carbocycles. The molecular weight excluding hydrogens is 347 g/mol. The van der Waals surface area contributed by atoms with Gasteiger partial charge in [-0.25, -0.2) is 0 Å². The molecule has 1 heterocycles. The summed E-state index contributed by atoms with van der Waals surface area (Å²) in [6, 6.07) is 12.4. The second kappa shape index (κ2) is 7.24. The third-order valence-corrected chi connectivity index (χ3v) is 4.34. The van der Waals surface area contributed by atoms with Crippen molar-refractivity contribution in [3.05, 3.63) is 63.6 Å². The van der Waals surface area contributed by atoms with Gasteiger partial charge in [-0.3, -0.25) is 9.59 Å². The van der Waals surface area contributed by atoms with Crippen molar-refractivity contribution >= 4 is 40.7 Å². The van der Waals surface area contributed by atoms with Crippen molar-refractivity contribution in [1.29, 1.82) is 0 Å². The normalized spacial score (nSPS) is 14.1. The average molecular weight is 363 g/mol. The van der Waals surface area contributed by atoms with Crippen LogP contribution in [0.3, 0.4) is 0 Å². The zero-order chi connectivity index (χ0) is 17.1. The lowest BCUT2D eigenvalue weighted by atomic mass is 10.1. The molecule has 0 unspecified atom stereocenters. The topological polar surface area (TPSA) is 49.4 Å². The Morgan fingerprint density at radius 2 is 1.75 bits per heavy atom. The van der Waals surface area contributed by atoms with Gasteiger partial charge in [0.1, 0.15) is 0 Å². The molecule has 0 aliphatic carbocycles. The molecule has 0 atom stereocenters. The highest BCUT2D eigenvalue weighted by Gasteiger charge is 2.21. The molecule has 0 spiro atoms. The number of hydrogen-bond acceptors (Lipinski definition) is 2. The Hall–Kier alpha value is -2.04. The first-order chi connectivity index (χ1) is 11.5. The van der Waals surface area contributed by atoms with Crippen LogP contribution in [0.1, 0.15) is 28.8 Å². The molecule has 3 rings (SSSR count). The molecule has 6 heteroatoms. The molecule has 24 heavy (non-hydrogen) atoms. The van der Waals surface area contributed by atoms with Crippen molar-refractivity contribution in [3.63, 3.8) is 0 Å². The number of benzene rings is 2. The van der Waals surface area contributed by atoms with E-state index >= 15 is 0 Å². The second-order valence-corrected chi connectivity index (χ2v) is 6.53. The van der Waals surface area contributed by atoms with E-state index in [0.717, 1.165) is 24.2 Å². The Kier molecular flexibility index (Phi) is 5.07. The largest absolute Gasteiger partial charge is 0.348 e. The Morgan fingerprint density at radius 1 is 1.08 bits per heavy atom. The van der Waals surface area contributed by atoms with Crippen LogP contribution < -0.4 is 10.2 Å². The van der Waals surface area contributed by atoms with E-state index in [2.05, 4.69) is 5.32 Å². The van der Waals surface area contributed by atoms with E-state index in [4.69, 9.17) is 23.2 Å². The first kappa shape index (κ1) is 16.8. The Labute approximate surface area is 150 Å². The maximum Gasteiger partial charge on any atom is 0.251 e. The van der Waals surface area contributed by atoms with Gasteiger partial charge in [0.15, 0.2) is 0 Å². The minimum atomic E-state index is -0.238. The highest BCUT2D eigenvalue weighted by molar-refractivity contribution is 6.35. The van der Waals surface area contributed by atoms with Crippen LogP contribution in [0.15, 0.2) is 42.5 Å². The number of amides is 2. The minimum absolute atomic E-state index is 0.161. The quantitative estimate of drug-likeness (QED) is 0.891. The van der Waals surface area contributed by atoms with Crippen molar-refractivity contribution in [3.8, 4) is 0 Å². The number of anilines is 1. The SMILES string of the molecule is O=C(NCc1ccc(N2CCCC2=O)cc1)c1cc(Cl)cc(Cl)c1. The molecule has 124 valence electrons. The van der Waals surface area contributed by atoms with Crippen LogP contribution in [0, 0.1) is 0 Å². The molecular formula is C18H16Cl2N2O2. The summed E-state index contributed by atoms with van der Waals surface area (Å²) in [5, 5.41) is 3.68. The molecule has 4 nitrogen and oxygen atoms in total. The fourth-order valence-corrected chi connectivity index (χ4v) is 3.21. The van der Waals surface area contributed by atoms with E-state index in [1.54, 1.807) is 23.1 Å². The van der Waals surface area contributed by atoms with E-state index in [1.807, 2.05) is 24.3 Å². The number of nitrogens with zero attached hydrogens (tertiary/aromatic N) is 1. The zero-order valence-corrected chi connectivity index (χ0v) is 14.4. The number of rotatable bonds is 4. The predicted octanol–water partition coefficient (Wildman–Crippen LogP) is 4.05. The summed E-state index contributed by atoms with van der Waals surface area (Å²) in [5.41, 5.74) is 2.27. The van der Waals surface area contributed by atoms with Gasteiger partial charge in [0.2, 0.25) is 5.91 Å². The summed E-state index contributed by atoms with van der Waals surface area (Å²) in [6.45, 7) is 1.15. The Balaban J connectivity index is 1.62. The molecule has 1 saturated heterocycles. The van der Waals surface area contributed by atoms with Gasteiger partial charge in [-0.1, -0.05) is 35.3 Å². The van der Waals surface area contributed by atoms with Gasteiger partial charge in [-0.05, 0) is 42.3 Å². The minimum Gasteiger partial charge on any atom is -0.348 e. The first-order valence-electron chi connectivity index (χ1n) is 7.66. The van der Waals surface area contributed by atoms with Gasteiger partial charge in [-0.2, -0.15) is 0 Å². The standard InChI is InChI=1S/C18H16Cl2N2O2/c19-14-8-13(9-15(20)10-14)18(24)21-11-12-3-5-16(6-4-12)22-7-1-2-17(22)23/h3-6,8-10H,1-2,7,11H2,(H,21,24). The van der Waals surface area contributed by atoms with Gasteiger partial charge in [-0.15, -0.1) is 0 Å². The molecule has 0 bridgehead atoms. The van der Waals surface area contributed by atoms with Crippen LogP contribution in [-0.2, 0) is 11.3 Å². The summed E-state index contributed by atoms with van der Waals surface area (Å²) in [7, 11) is 0. The molecule has 0 radical (unpaired) electrons. The van der Waals surface area contributed by atoms with Crippen LogP contribution in [0.2, 0.25) is 10.0 Å². The smallest absolute Gasteiger partial charge is 0.251 e. The summed E-state index contributed by atoms with van der Waals surface area (Å²) in [6.07, 6.45) is 1.51. The number of halogens is 2. The van der Waals surface area contributed by atoms with E-state index in [1.165, 1.54) is 0 Å². The third kappa shape index (κ3) is 3.89. The van der Waals surface area contributed by atoms with E-state index in [9.17, 15) is 9.59 Å². The third-order valence-electron chi connectivity index (χ3n) is 3.90. The fourth-order valence-electron chi connectivity index (χ4n) is 2.68. The lowest BCUT2D eigenvalue weighted by Crippen LogP contribution is -2.24. The molecule has 1 aliphatic rings. The number of nitrogens with one attached hydrogen (secondary N) is 1. The highest BCUT2D eigenvalue weighted by atomic mass is 35.5. The molecule has 1 aliphatic heterocycles. The van der Waals surface area contributed by atoms with Crippen LogP contribution in [0.4, 0.5) is 5.69 Å². The predicted molar refractivity (Wildman–Crippen MR) is 95.7 cm³/mol. The van der Waals surface area contributed by atoms with Crippen LogP contribution in [-0.4, -0.2) is 18.4 Å². The first-order valence-corrected chi connectivity index (χ1v) is 8.42. The average Bonchev–Trinajstić information content (AvgIpc) is 2.98. The van der Waals surface area contributed by atoms with Gasteiger partial charge in [0.25, 0.3) is 5.91 Å². The van der Waals surface area contributed by atoms with E-state index in [-0.39, 0.29) is 11.8 Å². The number of carbonyl (C=O) groups excluding carboxylic acids is 2. The number of hydrogen-bond donors (Lipinski definition) is 1. The molecule has 0 aromatic heterocycles. The zero-order valence-electron chi connectivity index (χ0n) is 12.9. The molecule has 1 N–H and O–H groups in total. The summed E-state index contributed by atoms with van der Waals surface area (Å²) < 4.78 is 0. The Bertz CT molecular complexity index is 755. The summed E-state index contributed by atoms with van der Waals surface area (Å²) in [4.78, 5) is 25.7. The fraction of sp³-hybridized carbons (Fsp3) is 0.222. The molecule has 2 aromatic rings. The summed E-state index contributed by atoms with van der Waals surface area (Å²) in [5.74, 6) is -0.0768. The Morgan fingerprint density at radius 3 is 2.33 bits per heavy atom. The highest BCUT2D eigenvalue weighted by Crippen LogP contribution is 2.22. The van der Waals surface area contributed by atoms with E-state index < -0.39 is 0 Å². The second-order valence-electron chi connectivity index (χ2n) is 5.66. The molecule has 2 amide bonds. The maximum absolute atomic E-state index is 12.2. The van der Waals surface area contributed by atoms with Gasteiger partial charge in [0, 0.05) is 40.8 Å². The van der Waals surface area contributed by atoms with Gasteiger partial charge in [0.05, 0.1) is 0 Å². The lowest BCUT2D eigenvalue weighted by Gasteiger charge is -2.16. The van der Waals surface area contributed by atoms with Crippen LogP contribution >= 0.6 is 23.2 Å². The van der Waals surface area contributed by atoms with Crippen LogP contribution in [0.25, 0.3) is 0 Å². The van der Waals surface area contributed by atoms with Crippen molar-refractivity contribution in [2.75, 3.05) is 11.4 Å². The summed E-state index contributed by atoms with van der Waals surface area (Å²) >= 11 is 11.8. The van der Waals surface area contributed by atoms with Crippen molar-refractivity contribution in [2.24, 2.45) is 0 Å². The monoisotopic (exact) mass is 362 g/mol. The van der Waals surface area contributed by atoms with Crippen molar-refractivity contribution in [2.45, 2.75) is 19.4 Å². The lowest BCUT2D eigenvalue weighted by molar-refractivity contribution is -0.117. The van der Waals surface area contributed by atoms with Crippen molar-refractivity contribution < 1.29 is 9.59 Å². The van der Waals surface area contributed by atoms with Crippen LogP contribution in [0.5, 0.6) is 0 Å². The van der Waals surface area contributed by atoms with Crippen molar-refractivity contribution in [1.82, 2.24) is 5.32 Å². The van der Waals surface area contributed by atoms with Gasteiger partial charge >= 0.3 is 0 Å². The number of carbonyl (C=O) groups is 2. The van der Waals surface area contributed by atoms with E-state index in [0.29, 0.717) is 28.6 Å². The molecule has 2 aromatic carbocycles. The van der Waals surface area contributed by atoms with Gasteiger partial charge < -0.3 is 10.2 Å².